The summed E-state index contributed by atoms with van der Waals surface area (Å²) < 4.78 is 11.5. The predicted octanol–water partition coefficient (Wildman–Crippen LogP) is 3.51. The molecular formula is C18H26N2O2. The van der Waals surface area contributed by atoms with Gasteiger partial charge in [0.25, 0.3) is 0 Å². The van der Waals surface area contributed by atoms with Gasteiger partial charge in [-0.15, -0.1) is 0 Å². The van der Waals surface area contributed by atoms with E-state index < -0.39 is 0 Å². The Morgan fingerprint density at radius 2 is 1.59 bits per heavy atom. The van der Waals surface area contributed by atoms with E-state index in [1.165, 1.54) is 5.56 Å². The van der Waals surface area contributed by atoms with Gasteiger partial charge >= 0.3 is 0 Å². The number of hydrogen-bond donors (Lipinski definition) is 0. The number of aliphatic imine (C=N–C) groups is 2. The van der Waals surface area contributed by atoms with Crippen LogP contribution in [0.25, 0.3) is 0 Å². The average molecular weight is 302 g/mol. The predicted molar refractivity (Wildman–Crippen MR) is 90.7 cm³/mol. The van der Waals surface area contributed by atoms with Crippen molar-refractivity contribution in [1.29, 1.82) is 0 Å². The summed E-state index contributed by atoms with van der Waals surface area (Å²) in [6, 6.07) is 10.2. The van der Waals surface area contributed by atoms with Crippen molar-refractivity contribution in [3.8, 4) is 0 Å². The minimum absolute atomic E-state index is 0.0477. The lowest BCUT2D eigenvalue weighted by Crippen LogP contribution is -2.39. The third-order valence-electron chi connectivity index (χ3n) is 3.58. The molecule has 2 atom stereocenters. The van der Waals surface area contributed by atoms with Crippen molar-refractivity contribution in [3.63, 3.8) is 0 Å². The maximum Gasteiger partial charge on any atom is 0.210 e. The van der Waals surface area contributed by atoms with Crippen LogP contribution in [-0.4, -0.2) is 37.1 Å². The second kappa shape index (κ2) is 7.97. The number of ether oxygens (including phenoxy) is 2. The number of rotatable bonds is 5. The minimum Gasteiger partial charge on any atom is -0.480 e. The zero-order valence-electron chi connectivity index (χ0n) is 14.0. The summed E-state index contributed by atoms with van der Waals surface area (Å²) in [5.41, 5.74) is 1.22. The highest BCUT2D eigenvalue weighted by molar-refractivity contribution is 5.94. The number of nitrogens with zero attached hydrogens (tertiary/aromatic N) is 2. The van der Waals surface area contributed by atoms with Gasteiger partial charge in [-0.05, 0) is 25.3 Å². The Kier molecular flexibility index (Phi) is 5.99. The van der Waals surface area contributed by atoms with Gasteiger partial charge in [0, 0.05) is 6.42 Å². The van der Waals surface area contributed by atoms with Crippen LogP contribution in [0.3, 0.4) is 0 Å². The first-order valence-electron chi connectivity index (χ1n) is 8.10. The molecule has 4 heteroatoms. The van der Waals surface area contributed by atoms with Crippen LogP contribution in [0.15, 0.2) is 40.3 Å². The number of hydrogen-bond acceptors (Lipinski definition) is 4. The van der Waals surface area contributed by atoms with Crippen LogP contribution in [0.5, 0.6) is 0 Å². The van der Waals surface area contributed by atoms with Crippen molar-refractivity contribution in [3.05, 3.63) is 35.9 Å². The molecule has 0 spiro atoms. The van der Waals surface area contributed by atoms with Crippen molar-refractivity contribution in [2.24, 2.45) is 15.9 Å². The fourth-order valence-electron chi connectivity index (χ4n) is 2.52. The molecule has 0 saturated carbocycles. The van der Waals surface area contributed by atoms with Gasteiger partial charge in [0.2, 0.25) is 11.8 Å². The summed E-state index contributed by atoms with van der Waals surface area (Å²) in [6.45, 7) is 9.43. The Morgan fingerprint density at radius 1 is 0.955 bits per heavy atom. The highest BCUT2D eigenvalue weighted by Crippen LogP contribution is 2.20. The van der Waals surface area contributed by atoms with Crippen LogP contribution in [-0.2, 0) is 15.9 Å². The number of benzene rings is 1. The Labute approximate surface area is 133 Å². The van der Waals surface area contributed by atoms with E-state index in [0.29, 0.717) is 19.1 Å². The third kappa shape index (κ3) is 4.09. The second-order valence-corrected chi connectivity index (χ2v) is 5.70. The van der Waals surface area contributed by atoms with E-state index in [9.17, 15) is 0 Å². The molecule has 0 fully saturated rings. The maximum absolute atomic E-state index is 5.76. The van der Waals surface area contributed by atoms with E-state index in [0.717, 1.165) is 18.2 Å². The van der Waals surface area contributed by atoms with Crippen molar-refractivity contribution in [1.82, 2.24) is 0 Å². The molecule has 0 radical (unpaired) electrons. The fourth-order valence-corrected chi connectivity index (χ4v) is 2.52. The normalized spacial score (nSPS) is 21.3. The summed E-state index contributed by atoms with van der Waals surface area (Å²) in [6.07, 6.45) is 0.779. The van der Waals surface area contributed by atoms with Gasteiger partial charge in [0.05, 0.1) is 13.2 Å². The van der Waals surface area contributed by atoms with Gasteiger partial charge in [-0.2, -0.15) is 0 Å². The topological polar surface area (TPSA) is 43.2 Å². The molecule has 120 valence electrons. The molecule has 0 amide bonds. The zero-order valence-corrected chi connectivity index (χ0v) is 14.0. The molecule has 1 heterocycles. The Balaban J connectivity index is 2.26. The molecule has 1 aromatic carbocycles. The van der Waals surface area contributed by atoms with Gasteiger partial charge in [-0.25, -0.2) is 9.98 Å². The van der Waals surface area contributed by atoms with E-state index >= 15 is 0 Å². The van der Waals surface area contributed by atoms with Gasteiger partial charge in [-0.1, -0.05) is 44.2 Å². The van der Waals surface area contributed by atoms with E-state index in [4.69, 9.17) is 19.5 Å². The Bertz CT molecular complexity index is 523. The van der Waals surface area contributed by atoms with Crippen LogP contribution in [0.4, 0.5) is 0 Å². The zero-order chi connectivity index (χ0) is 15.9. The summed E-state index contributed by atoms with van der Waals surface area (Å²) in [4.78, 5) is 9.60. The molecule has 0 unspecified atom stereocenters. The smallest absolute Gasteiger partial charge is 0.210 e. The summed E-state index contributed by atoms with van der Waals surface area (Å²) in [5.74, 6) is 1.80. The van der Waals surface area contributed by atoms with Crippen LogP contribution in [0, 0.1) is 5.92 Å². The van der Waals surface area contributed by atoms with E-state index in [1.54, 1.807) is 0 Å². The SMILES string of the molecule is CCOC1=N[C@H](C(C)C)C(OCC)=N[C@H]1Cc1ccccc1. The second-order valence-electron chi connectivity index (χ2n) is 5.70. The highest BCUT2D eigenvalue weighted by atomic mass is 16.5. The first-order chi connectivity index (χ1) is 10.7. The van der Waals surface area contributed by atoms with E-state index in [-0.39, 0.29) is 12.1 Å². The summed E-state index contributed by atoms with van der Waals surface area (Å²) in [7, 11) is 0. The first kappa shape index (κ1) is 16.5. The van der Waals surface area contributed by atoms with Crippen LogP contribution < -0.4 is 0 Å². The lowest BCUT2D eigenvalue weighted by molar-refractivity contribution is 0.276. The quantitative estimate of drug-likeness (QED) is 0.835. The van der Waals surface area contributed by atoms with Crippen molar-refractivity contribution in [2.45, 2.75) is 46.2 Å². The Morgan fingerprint density at radius 3 is 2.18 bits per heavy atom. The maximum atomic E-state index is 5.76. The van der Waals surface area contributed by atoms with Crippen LogP contribution in [0.1, 0.15) is 33.3 Å². The molecule has 1 aliphatic rings. The molecule has 4 nitrogen and oxygen atoms in total. The monoisotopic (exact) mass is 302 g/mol. The molecule has 2 rings (SSSR count). The van der Waals surface area contributed by atoms with E-state index in [1.807, 2.05) is 32.0 Å². The summed E-state index contributed by atoms with van der Waals surface area (Å²) >= 11 is 0. The van der Waals surface area contributed by atoms with E-state index in [2.05, 4.69) is 26.0 Å². The summed E-state index contributed by atoms with van der Waals surface area (Å²) in [5, 5.41) is 0. The molecule has 1 aliphatic heterocycles. The molecule has 22 heavy (non-hydrogen) atoms. The fraction of sp³-hybridized carbons (Fsp3) is 0.556. The molecule has 0 aliphatic carbocycles. The van der Waals surface area contributed by atoms with Crippen LogP contribution >= 0.6 is 0 Å². The van der Waals surface area contributed by atoms with Crippen molar-refractivity contribution < 1.29 is 9.47 Å². The molecule has 0 saturated heterocycles. The van der Waals surface area contributed by atoms with Gasteiger partial charge in [0.15, 0.2) is 0 Å². The van der Waals surface area contributed by atoms with Crippen molar-refractivity contribution >= 4 is 11.8 Å². The molecule has 0 N–H and O–H groups in total. The molecule has 1 aromatic rings. The van der Waals surface area contributed by atoms with Gasteiger partial charge in [-0.3, -0.25) is 0 Å². The highest BCUT2D eigenvalue weighted by Gasteiger charge is 2.31. The lowest BCUT2D eigenvalue weighted by atomic mass is 10.0. The Hall–Kier alpha value is -1.84. The van der Waals surface area contributed by atoms with Crippen LogP contribution in [0.2, 0.25) is 0 Å². The largest absolute Gasteiger partial charge is 0.480 e. The average Bonchev–Trinajstić information content (AvgIpc) is 2.51. The molecule has 0 aromatic heterocycles. The molecular weight excluding hydrogens is 276 g/mol. The minimum atomic E-state index is -0.0982. The standard InChI is InChI=1S/C18H26N2O2/c1-5-21-17-15(12-14-10-8-7-9-11-14)19-18(22-6-2)16(20-17)13(3)4/h7-11,13,15-16H,5-6,12H2,1-4H3/t15-,16+/m0/s1. The van der Waals surface area contributed by atoms with Gasteiger partial charge in [0.1, 0.15) is 12.1 Å². The lowest BCUT2D eigenvalue weighted by Gasteiger charge is -2.28. The van der Waals surface area contributed by atoms with Gasteiger partial charge < -0.3 is 9.47 Å². The molecule has 0 bridgehead atoms. The third-order valence-corrected chi connectivity index (χ3v) is 3.58. The van der Waals surface area contributed by atoms with Crippen molar-refractivity contribution in [2.75, 3.05) is 13.2 Å². The first-order valence-corrected chi connectivity index (χ1v) is 8.10.